The topological polar surface area (TPSA) is 0 Å². The molecule has 70 valence electrons. The average molecular weight is 294 g/mol. The fourth-order valence-electron chi connectivity index (χ4n) is 0.680. The SMILES string of the molecule is Cl.Cl.[C-]1=CC=CC1.[C-]1=CC=CC1.[Zr+2]. The number of hydrogen-bond acceptors (Lipinski definition) is 0. The van der Waals surface area contributed by atoms with Crippen molar-refractivity contribution < 1.29 is 26.2 Å². The van der Waals surface area contributed by atoms with Crippen molar-refractivity contribution in [2.45, 2.75) is 12.8 Å². The zero-order valence-electron chi connectivity index (χ0n) is 7.19. The van der Waals surface area contributed by atoms with E-state index in [1.54, 1.807) is 0 Å². The van der Waals surface area contributed by atoms with Crippen molar-refractivity contribution in [2.75, 3.05) is 0 Å². The van der Waals surface area contributed by atoms with E-state index in [-0.39, 0.29) is 51.0 Å². The van der Waals surface area contributed by atoms with Gasteiger partial charge in [0.25, 0.3) is 0 Å². The molecule has 0 unspecified atom stereocenters. The van der Waals surface area contributed by atoms with Crippen LogP contribution in [-0.4, -0.2) is 0 Å². The summed E-state index contributed by atoms with van der Waals surface area (Å²) in [7, 11) is 0. The molecule has 0 fully saturated rings. The van der Waals surface area contributed by atoms with Crippen molar-refractivity contribution >= 4 is 24.8 Å². The first kappa shape index (κ1) is 19.1. The summed E-state index contributed by atoms with van der Waals surface area (Å²) in [6.07, 6.45) is 20.0. The van der Waals surface area contributed by atoms with Gasteiger partial charge in [0.15, 0.2) is 0 Å². The summed E-state index contributed by atoms with van der Waals surface area (Å²) in [6, 6.07) is 0. The Morgan fingerprint density at radius 2 is 1.15 bits per heavy atom. The van der Waals surface area contributed by atoms with E-state index < -0.39 is 0 Å². The van der Waals surface area contributed by atoms with E-state index in [4.69, 9.17) is 0 Å². The van der Waals surface area contributed by atoms with Crippen LogP contribution in [0.15, 0.2) is 36.5 Å². The maximum atomic E-state index is 2.99. The molecule has 0 aromatic rings. The van der Waals surface area contributed by atoms with E-state index in [0.29, 0.717) is 0 Å². The van der Waals surface area contributed by atoms with Crippen LogP contribution in [0, 0.1) is 12.2 Å². The van der Waals surface area contributed by atoms with Gasteiger partial charge >= 0.3 is 26.2 Å². The largest absolute Gasteiger partial charge is 2.00 e. The Labute approximate surface area is 112 Å². The second-order valence-electron chi connectivity index (χ2n) is 2.01. The van der Waals surface area contributed by atoms with Gasteiger partial charge in [-0.1, -0.05) is 0 Å². The van der Waals surface area contributed by atoms with Gasteiger partial charge in [-0.25, -0.2) is 24.3 Å². The maximum Gasteiger partial charge on any atom is 2.00 e. The van der Waals surface area contributed by atoms with Crippen molar-refractivity contribution in [2.24, 2.45) is 0 Å². The van der Waals surface area contributed by atoms with Gasteiger partial charge in [-0.3, -0.25) is 12.2 Å². The smallest absolute Gasteiger partial charge is 0.273 e. The monoisotopic (exact) mass is 292 g/mol. The van der Waals surface area contributed by atoms with Crippen LogP contribution in [0.4, 0.5) is 0 Å². The molecule has 0 aromatic carbocycles. The average Bonchev–Trinajstić information content (AvgIpc) is 2.67. The minimum atomic E-state index is 0. The standard InChI is InChI=1S/2C5H5.2ClH.Zr/c2*1-2-4-5-3-1;;;/h2*1-3H,4H2;2*1H;/q2*-1;;;+2. The molecule has 0 aromatic heterocycles. The molecule has 0 atom stereocenters. The fourth-order valence-corrected chi connectivity index (χ4v) is 0.680. The summed E-state index contributed by atoms with van der Waals surface area (Å²) in [4.78, 5) is 0. The van der Waals surface area contributed by atoms with Crippen molar-refractivity contribution in [3.05, 3.63) is 48.6 Å². The number of rotatable bonds is 0. The van der Waals surface area contributed by atoms with Crippen LogP contribution in [0.5, 0.6) is 0 Å². The third-order valence-corrected chi connectivity index (χ3v) is 1.17. The number of allylic oxidation sites excluding steroid dienone is 8. The van der Waals surface area contributed by atoms with Crippen LogP contribution in [0.2, 0.25) is 0 Å². The zero-order chi connectivity index (χ0) is 7.07. The predicted molar refractivity (Wildman–Crippen MR) is 57.6 cm³/mol. The summed E-state index contributed by atoms with van der Waals surface area (Å²) in [5.41, 5.74) is 0. The number of hydrogen-bond donors (Lipinski definition) is 0. The van der Waals surface area contributed by atoms with Gasteiger partial charge in [-0.05, 0) is 0 Å². The first-order valence-electron chi connectivity index (χ1n) is 3.43. The molecule has 13 heavy (non-hydrogen) atoms. The molecule has 0 aliphatic heterocycles. The first-order chi connectivity index (χ1) is 5.00. The van der Waals surface area contributed by atoms with Gasteiger partial charge in [0, 0.05) is 0 Å². The molecule has 0 heterocycles. The van der Waals surface area contributed by atoms with Crippen LogP contribution >= 0.6 is 24.8 Å². The number of halogens is 2. The van der Waals surface area contributed by atoms with Crippen molar-refractivity contribution in [1.29, 1.82) is 0 Å². The second-order valence-corrected chi connectivity index (χ2v) is 2.01. The molecule has 0 saturated heterocycles. The summed E-state index contributed by atoms with van der Waals surface area (Å²) in [6.45, 7) is 0. The molecule has 0 nitrogen and oxygen atoms in total. The van der Waals surface area contributed by atoms with Crippen LogP contribution in [0.1, 0.15) is 12.8 Å². The Balaban J connectivity index is -0.000000125. The third kappa shape index (κ3) is 12.4. The Hall–Kier alpha value is 0.423. The third-order valence-electron chi connectivity index (χ3n) is 1.17. The molecule has 2 aliphatic carbocycles. The van der Waals surface area contributed by atoms with E-state index in [9.17, 15) is 0 Å². The molecular weight excluding hydrogens is 282 g/mol. The molecule has 2 rings (SSSR count). The molecule has 0 radical (unpaired) electrons. The Morgan fingerprint density at radius 3 is 1.23 bits per heavy atom. The zero-order valence-corrected chi connectivity index (χ0v) is 11.3. The van der Waals surface area contributed by atoms with Gasteiger partial charge in [0.2, 0.25) is 0 Å². The maximum absolute atomic E-state index is 2.99. The van der Waals surface area contributed by atoms with Crippen LogP contribution < -0.4 is 0 Å². The molecular formula is C10H12Cl2Zr. The van der Waals surface area contributed by atoms with Gasteiger partial charge in [-0.2, -0.15) is 12.2 Å². The van der Waals surface area contributed by atoms with E-state index in [1.807, 2.05) is 24.3 Å². The first-order valence-corrected chi connectivity index (χ1v) is 3.43. The van der Waals surface area contributed by atoms with Gasteiger partial charge < -0.3 is 0 Å². The predicted octanol–water partition coefficient (Wildman–Crippen LogP) is 3.45. The molecule has 0 bridgehead atoms. The van der Waals surface area contributed by atoms with E-state index in [2.05, 4.69) is 24.3 Å². The molecule has 0 saturated carbocycles. The van der Waals surface area contributed by atoms with Crippen molar-refractivity contribution in [1.82, 2.24) is 0 Å². The van der Waals surface area contributed by atoms with Crippen LogP contribution in [0.3, 0.4) is 0 Å². The van der Waals surface area contributed by atoms with Gasteiger partial charge in [-0.15, -0.1) is 37.7 Å². The fraction of sp³-hybridized carbons (Fsp3) is 0.200. The van der Waals surface area contributed by atoms with Gasteiger partial charge in [0.05, 0.1) is 0 Å². The molecule has 3 heteroatoms. The van der Waals surface area contributed by atoms with Gasteiger partial charge in [0.1, 0.15) is 0 Å². The second kappa shape index (κ2) is 14.9. The Bertz CT molecular complexity index is 151. The van der Waals surface area contributed by atoms with Crippen molar-refractivity contribution in [3.8, 4) is 0 Å². The quantitative estimate of drug-likeness (QED) is 0.600. The Morgan fingerprint density at radius 1 is 0.769 bits per heavy atom. The summed E-state index contributed by atoms with van der Waals surface area (Å²) in [5, 5.41) is 0. The summed E-state index contributed by atoms with van der Waals surface area (Å²) >= 11 is 0. The normalized spacial score (nSPS) is 13.5. The van der Waals surface area contributed by atoms with Crippen LogP contribution in [0.25, 0.3) is 0 Å². The Kier molecular flexibility index (Phi) is 21.9. The molecule has 2 aliphatic rings. The minimum Gasteiger partial charge on any atom is -0.273 e. The molecule has 0 N–H and O–H groups in total. The van der Waals surface area contributed by atoms with Crippen LogP contribution in [-0.2, 0) is 26.2 Å². The minimum absolute atomic E-state index is 0. The van der Waals surface area contributed by atoms with E-state index in [0.717, 1.165) is 12.8 Å². The molecule has 0 spiro atoms. The van der Waals surface area contributed by atoms with Crippen molar-refractivity contribution in [3.63, 3.8) is 0 Å². The molecule has 0 amide bonds. The summed E-state index contributed by atoms with van der Waals surface area (Å²) in [5.74, 6) is 0. The van der Waals surface area contributed by atoms with E-state index >= 15 is 0 Å². The van der Waals surface area contributed by atoms with E-state index in [1.165, 1.54) is 0 Å². The summed E-state index contributed by atoms with van der Waals surface area (Å²) < 4.78 is 0.